The molecule has 5 nitrogen and oxygen atoms in total. The molecule has 0 aliphatic carbocycles. The Balaban J connectivity index is 2.13. The van der Waals surface area contributed by atoms with Gasteiger partial charge in [-0.15, -0.1) is 0 Å². The molecular weight excluding hydrogens is 373 g/mol. The molecular formula is C16H19Cl2NO4S. The summed E-state index contributed by atoms with van der Waals surface area (Å²) in [7, 11) is -1.53. The van der Waals surface area contributed by atoms with Gasteiger partial charge in [0.1, 0.15) is 0 Å². The van der Waals surface area contributed by atoms with Crippen LogP contribution in [0.25, 0.3) is 6.08 Å². The molecule has 24 heavy (non-hydrogen) atoms. The predicted molar refractivity (Wildman–Crippen MR) is 96.1 cm³/mol. The zero-order valence-electron chi connectivity index (χ0n) is 13.2. The summed E-state index contributed by atoms with van der Waals surface area (Å²) in [6.45, 7) is 0.687. The van der Waals surface area contributed by atoms with Gasteiger partial charge in [-0.1, -0.05) is 29.3 Å². The molecule has 1 aliphatic heterocycles. The summed E-state index contributed by atoms with van der Waals surface area (Å²) in [5, 5.41) is 0.958. The number of sulfone groups is 1. The van der Waals surface area contributed by atoms with Crippen LogP contribution in [0.5, 0.6) is 0 Å². The van der Waals surface area contributed by atoms with Crippen LogP contribution in [0.2, 0.25) is 10.0 Å². The fourth-order valence-corrected chi connectivity index (χ4v) is 4.78. The van der Waals surface area contributed by atoms with Crippen LogP contribution >= 0.6 is 23.2 Å². The van der Waals surface area contributed by atoms with E-state index < -0.39 is 9.84 Å². The molecule has 1 saturated heterocycles. The molecule has 1 heterocycles. The van der Waals surface area contributed by atoms with Gasteiger partial charge in [-0.25, -0.2) is 8.42 Å². The van der Waals surface area contributed by atoms with Crippen LogP contribution in [-0.2, 0) is 19.4 Å². The molecule has 1 atom stereocenters. The van der Waals surface area contributed by atoms with Gasteiger partial charge in [0.2, 0.25) is 5.91 Å². The third-order valence-corrected chi connectivity index (χ3v) is 6.15. The van der Waals surface area contributed by atoms with E-state index in [0.717, 1.165) is 0 Å². The Morgan fingerprint density at radius 2 is 2.17 bits per heavy atom. The number of carbonyl (C=O) groups excluding carboxylic acids is 1. The number of carbonyl (C=O) groups is 1. The molecule has 0 spiro atoms. The smallest absolute Gasteiger partial charge is 0.246 e. The number of halogens is 2. The molecule has 1 aliphatic rings. The minimum absolute atomic E-state index is 0.00199. The van der Waals surface area contributed by atoms with Crippen molar-refractivity contribution in [1.29, 1.82) is 0 Å². The number of nitrogens with zero attached hydrogens (tertiary/aromatic N) is 1. The van der Waals surface area contributed by atoms with Crippen LogP contribution in [0, 0.1) is 0 Å². The second kappa shape index (κ2) is 8.34. The molecule has 8 heteroatoms. The standard InChI is InChI=1S/C16H19Cl2NO4S/c1-23-8-7-19(14-6-9-24(21,22)11-14)16(20)5-3-12-2-4-13(17)10-15(12)18/h2-5,10,14H,6-9,11H2,1H3/b5-3+. The summed E-state index contributed by atoms with van der Waals surface area (Å²) in [5.41, 5.74) is 0.667. The Bertz CT molecular complexity index is 734. The van der Waals surface area contributed by atoms with Gasteiger partial charge in [0.05, 0.1) is 18.1 Å². The van der Waals surface area contributed by atoms with Gasteiger partial charge in [0, 0.05) is 35.8 Å². The molecule has 1 aromatic carbocycles. The van der Waals surface area contributed by atoms with E-state index in [1.54, 1.807) is 29.2 Å². The molecule has 2 rings (SSSR count). The third kappa shape index (κ3) is 5.21. The lowest BCUT2D eigenvalue weighted by Crippen LogP contribution is -2.42. The zero-order chi connectivity index (χ0) is 17.7. The molecule has 0 bridgehead atoms. The fourth-order valence-electron chi connectivity index (χ4n) is 2.58. The largest absolute Gasteiger partial charge is 0.383 e. The van der Waals surface area contributed by atoms with Crippen molar-refractivity contribution in [2.75, 3.05) is 31.8 Å². The van der Waals surface area contributed by atoms with Crippen LogP contribution in [0.15, 0.2) is 24.3 Å². The second-order valence-corrected chi connectivity index (χ2v) is 8.65. The number of methoxy groups -OCH3 is 1. The summed E-state index contributed by atoms with van der Waals surface area (Å²) in [6.07, 6.45) is 3.45. The van der Waals surface area contributed by atoms with Crippen LogP contribution in [0.1, 0.15) is 12.0 Å². The van der Waals surface area contributed by atoms with Crippen LogP contribution in [-0.4, -0.2) is 57.0 Å². The van der Waals surface area contributed by atoms with E-state index in [0.29, 0.717) is 35.2 Å². The van der Waals surface area contributed by atoms with Crippen molar-refractivity contribution in [2.45, 2.75) is 12.5 Å². The first-order valence-corrected chi connectivity index (χ1v) is 10.0. The van der Waals surface area contributed by atoms with Crippen molar-refractivity contribution in [3.63, 3.8) is 0 Å². The van der Waals surface area contributed by atoms with Crippen LogP contribution < -0.4 is 0 Å². The number of hydrogen-bond acceptors (Lipinski definition) is 4. The van der Waals surface area contributed by atoms with Gasteiger partial charge in [-0.2, -0.15) is 0 Å². The average Bonchev–Trinajstić information content (AvgIpc) is 2.86. The van der Waals surface area contributed by atoms with E-state index in [1.165, 1.54) is 13.2 Å². The van der Waals surface area contributed by atoms with E-state index in [1.807, 2.05) is 0 Å². The quantitative estimate of drug-likeness (QED) is 0.699. The maximum atomic E-state index is 12.5. The Kier molecular flexibility index (Phi) is 6.69. The average molecular weight is 392 g/mol. The Hall–Kier alpha value is -1.08. The van der Waals surface area contributed by atoms with Crippen molar-refractivity contribution in [2.24, 2.45) is 0 Å². The maximum absolute atomic E-state index is 12.5. The van der Waals surface area contributed by atoms with Gasteiger partial charge >= 0.3 is 0 Å². The summed E-state index contributed by atoms with van der Waals surface area (Å²) >= 11 is 11.9. The first-order chi connectivity index (χ1) is 11.3. The number of rotatable bonds is 6. The van der Waals surface area contributed by atoms with Crippen molar-refractivity contribution >= 4 is 45.0 Å². The lowest BCUT2D eigenvalue weighted by molar-refractivity contribution is -0.128. The van der Waals surface area contributed by atoms with Crippen LogP contribution in [0.4, 0.5) is 0 Å². The Labute approximate surface area is 152 Å². The number of ether oxygens (including phenoxy) is 1. The van der Waals surface area contributed by atoms with E-state index >= 15 is 0 Å². The summed E-state index contributed by atoms with van der Waals surface area (Å²) in [4.78, 5) is 14.1. The van der Waals surface area contributed by atoms with E-state index in [4.69, 9.17) is 27.9 Å². The molecule has 0 radical (unpaired) electrons. The fraction of sp³-hybridized carbons (Fsp3) is 0.438. The summed E-state index contributed by atoms with van der Waals surface area (Å²) in [5.74, 6) is -0.153. The van der Waals surface area contributed by atoms with Crippen molar-refractivity contribution in [3.05, 3.63) is 39.9 Å². The maximum Gasteiger partial charge on any atom is 0.246 e. The lowest BCUT2D eigenvalue weighted by Gasteiger charge is -2.26. The van der Waals surface area contributed by atoms with Crippen LogP contribution in [0.3, 0.4) is 0 Å². The molecule has 0 saturated carbocycles. The predicted octanol–water partition coefficient (Wildman–Crippen LogP) is 2.67. The van der Waals surface area contributed by atoms with Gasteiger partial charge in [-0.05, 0) is 30.2 Å². The van der Waals surface area contributed by atoms with Gasteiger partial charge < -0.3 is 9.64 Å². The minimum atomic E-state index is -3.07. The first-order valence-electron chi connectivity index (χ1n) is 7.45. The minimum Gasteiger partial charge on any atom is -0.383 e. The van der Waals surface area contributed by atoms with E-state index in [2.05, 4.69) is 0 Å². The Morgan fingerprint density at radius 1 is 1.42 bits per heavy atom. The Morgan fingerprint density at radius 3 is 2.75 bits per heavy atom. The van der Waals surface area contributed by atoms with Crippen molar-refractivity contribution in [1.82, 2.24) is 4.90 Å². The highest BCUT2D eigenvalue weighted by Crippen LogP contribution is 2.23. The van der Waals surface area contributed by atoms with Crippen molar-refractivity contribution < 1.29 is 17.9 Å². The number of hydrogen-bond donors (Lipinski definition) is 0. The summed E-state index contributed by atoms with van der Waals surface area (Å²) < 4.78 is 28.4. The van der Waals surface area contributed by atoms with Gasteiger partial charge in [-0.3, -0.25) is 4.79 Å². The molecule has 0 aromatic heterocycles. The first kappa shape index (κ1) is 19.2. The zero-order valence-corrected chi connectivity index (χ0v) is 15.6. The van der Waals surface area contributed by atoms with Gasteiger partial charge in [0.25, 0.3) is 0 Å². The lowest BCUT2D eigenvalue weighted by atomic mass is 10.2. The number of amides is 1. The third-order valence-electron chi connectivity index (χ3n) is 3.84. The normalized spacial score (nSPS) is 19.7. The topological polar surface area (TPSA) is 63.7 Å². The molecule has 1 fully saturated rings. The van der Waals surface area contributed by atoms with E-state index in [9.17, 15) is 13.2 Å². The highest BCUT2D eigenvalue weighted by atomic mass is 35.5. The summed E-state index contributed by atoms with van der Waals surface area (Å²) in [6, 6.07) is 4.68. The van der Waals surface area contributed by atoms with E-state index in [-0.39, 0.29) is 23.5 Å². The molecule has 1 aromatic rings. The second-order valence-electron chi connectivity index (χ2n) is 5.58. The SMILES string of the molecule is COCCN(C(=O)/C=C/c1ccc(Cl)cc1Cl)C1CCS(=O)(=O)C1. The van der Waals surface area contributed by atoms with Crippen molar-refractivity contribution in [3.8, 4) is 0 Å². The highest BCUT2D eigenvalue weighted by Gasteiger charge is 2.33. The van der Waals surface area contributed by atoms with Gasteiger partial charge in [0.15, 0.2) is 9.84 Å². The molecule has 0 N–H and O–H groups in total. The monoisotopic (exact) mass is 391 g/mol. The molecule has 132 valence electrons. The number of benzene rings is 1. The highest BCUT2D eigenvalue weighted by molar-refractivity contribution is 7.91. The molecule has 1 amide bonds. The molecule has 1 unspecified atom stereocenters.